The quantitative estimate of drug-likeness (QED) is 0.0935. The molecule has 5 aliphatic rings. The number of phenols is 1. The molecule has 390 valence electrons. The van der Waals surface area contributed by atoms with E-state index in [9.17, 15) is 19.8 Å². The molecule has 2 unspecified atom stereocenters. The normalized spacial score (nSPS) is 22.5. The average molecular weight is 1010 g/mol. The standard InChI is InChI=1S/C55H68N12O7/c1-34(2)52(55(71)66-33-41(68)27-47(66)54(70)59-35(3)37-10-8-36(30-56)9-11-37)49-29-50(62-74-49)64-22-17-42(18-23-64)72-25-24-63-20-15-43(16-21-63)73-51-26-38(14-19-58-51)67-39-12-13-40(67)32-65(31-39)46-28-45(60-61-53(46)57)44-6-4-5-7-48(44)69/h4-11,14,19,26,28-29,34-35,39-43,47,52,68-69H,12-13,15-18,20-25,27,31-33H2,1-3H3,(H2,57,61)(H,59,70)/t35-,39?,40?,41+,47-,52-/m0/s1. The summed E-state index contributed by atoms with van der Waals surface area (Å²) in [6, 6.07) is 23.6. The van der Waals surface area contributed by atoms with E-state index >= 15 is 0 Å². The molecule has 6 atom stereocenters. The first-order valence-electron chi connectivity index (χ1n) is 26.3. The number of piperidine rings is 2. The lowest BCUT2D eigenvalue weighted by Crippen LogP contribution is -2.54. The molecule has 0 saturated carbocycles. The second-order valence-electron chi connectivity index (χ2n) is 21.0. The number of nitrogens with one attached hydrogen (secondary N) is 1. The fourth-order valence-corrected chi connectivity index (χ4v) is 11.7. The number of hydrogen-bond acceptors (Lipinski definition) is 17. The molecule has 2 bridgehead atoms. The van der Waals surface area contributed by atoms with E-state index < -0.39 is 18.1 Å². The fourth-order valence-electron chi connectivity index (χ4n) is 11.7. The number of nitrogens with two attached hydrogens (primary N) is 1. The summed E-state index contributed by atoms with van der Waals surface area (Å²) in [4.78, 5) is 43.4. The maximum absolute atomic E-state index is 14.2. The summed E-state index contributed by atoms with van der Waals surface area (Å²) in [6.45, 7) is 12.2. The molecule has 5 saturated heterocycles. The number of aliphatic hydroxyl groups is 1. The van der Waals surface area contributed by atoms with Crippen LogP contribution in [-0.4, -0.2) is 148 Å². The number of nitriles is 1. The van der Waals surface area contributed by atoms with Crippen LogP contribution in [0.1, 0.15) is 94.6 Å². The van der Waals surface area contributed by atoms with E-state index in [4.69, 9.17) is 25.0 Å². The van der Waals surface area contributed by atoms with Crippen molar-refractivity contribution in [1.82, 2.24) is 35.5 Å². The zero-order valence-corrected chi connectivity index (χ0v) is 42.5. The third kappa shape index (κ3) is 11.1. The van der Waals surface area contributed by atoms with E-state index in [-0.39, 0.29) is 54.7 Å². The number of nitrogen functional groups attached to an aromatic ring is 1. The molecule has 5 fully saturated rings. The van der Waals surface area contributed by atoms with Crippen molar-refractivity contribution in [2.75, 3.05) is 79.4 Å². The number of aliphatic hydroxyl groups excluding tert-OH is 1. The largest absolute Gasteiger partial charge is 0.507 e. The van der Waals surface area contributed by atoms with Crippen molar-refractivity contribution >= 4 is 34.8 Å². The van der Waals surface area contributed by atoms with Gasteiger partial charge in [-0.05, 0) is 93.3 Å². The van der Waals surface area contributed by atoms with Crippen LogP contribution >= 0.6 is 0 Å². The molecule has 5 aromatic rings. The van der Waals surface area contributed by atoms with Crippen molar-refractivity contribution in [2.45, 2.75) is 114 Å². The lowest BCUT2D eigenvalue weighted by Gasteiger charge is -2.43. The van der Waals surface area contributed by atoms with Gasteiger partial charge < -0.3 is 59.8 Å². The van der Waals surface area contributed by atoms with Crippen molar-refractivity contribution in [3.8, 4) is 29.0 Å². The number of amides is 2. The number of carbonyl (C=O) groups excluding carboxylic acids is 2. The van der Waals surface area contributed by atoms with Crippen molar-refractivity contribution in [3.63, 3.8) is 0 Å². The number of para-hydroxylation sites is 1. The van der Waals surface area contributed by atoms with Crippen LogP contribution in [0.25, 0.3) is 11.3 Å². The van der Waals surface area contributed by atoms with Gasteiger partial charge in [-0.1, -0.05) is 43.3 Å². The number of pyridine rings is 1. The van der Waals surface area contributed by atoms with Gasteiger partial charge in [-0.25, -0.2) is 4.98 Å². The molecule has 3 aromatic heterocycles. The summed E-state index contributed by atoms with van der Waals surface area (Å²) in [5.41, 5.74) is 10.9. The second kappa shape index (κ2) is 22.2. The summed E-state index contributed by atoms with van der Waals surface area (Å²) >= 11 is 0. The molecule has 10 rings (SSSR count). The molecule has 8 heterocycles. The van der Waals surface area contributed by atoms with E-state index in [0.29, 0.717) is 58.8 Å². The molecule has 19 heteroatoms. The Morgan fingerprint density at radius 1 is 0.892 bits per heavy atom. The molecule has 0 spiro atoms. The number of aromatic hydroxyl groups is 1. The molecule has 5 aliphatic heterocycles. The van der Waals surface area contributed by atoms with Gasteiger partial charge in [0, 0.05) is 100 Å². The van der Waals surface area contributed by atoms with Gasteiger partial charge >= 0.3 is 0 Å². The number of ether oxygens (including phenoxy) is 2. The van der Waals surface area contributed by atoms with Crippen molar-refractivity contribution in [1.29, 1.82) is 5.26 Å². The third-order valence-electron chi connectivity index (χ3n) is 15.7. The Balaban J connectivity index is 0.653. The number of anilines is 4. The Labute approximate surface area is 432 Å². The SMILES string of the molecule is CC(C)[C@H](C(=O)N1C[C@H](O)C[C@H]1C(=O)N[C@@H](C)c1ccc(C#N)cc1)c1cc(N2CCC(OCCN3CCC(Oc4cc(N5C6CCC5CN(c5cc(-c7ccccc7O)nnc5N)C6)ccn4)CC3)CC2)no1. The van der Waals surface area contributed by atoms with Gasteiger partial charge in [0.05, 0.1) is 47.9 Å². The van der Waals surface area contributed by atoms with Crippen LogP contribution in [0.3, 0.4) is 0 Å². The van der Waals surface area contributed by atoms with Crippen LogP contribution in [-0.2, 0) is 14.3 Å². The number of aromatic nitrogens is 4. The molecule has 5 N–H and O–H groups in total. The summed E-state index contributed by atoms with van der Waals surface area (Å²) in [7, 11) is 0. The maximum Gasteiger partial charge on any atom is 0.243 e. The molecule has 74 heavy (non-hydrogen) atoms. The number of piperazine rings is 1. The van der Waals surface area contributed by atoms with Crippen LogP contribution in [0, 0.1) is 17.2 Å². The number of carbonyl (C=O) groups is 2. The van der Waals surface area contributed by atoms with Gasteiger partial charge in [-0.3, -0.25) is 9.59 Å². The van der Waals surface area contributed by atoms with Crippen LogP contribution in [0.5, 0.6) is 11.6 Å². The van der Waals surface area contributed by atoms with Crippen molar-refractivity contribution in [2.24, 2.45) is 5.92 Å². The monoisotopic (exact) mass is 1010 g/mol. The fraction of sp³-hybridized carbons (Fsp3) is 0.509. The van der Waals surface area contributed by atoms with Crippen molar-refractivity contribution < 1.29 is 33.8 Å². The summed E-state index contributed by atoms with van der Waals surface area (Å²) in [5.74, 6) is 0.859. The molecular weight excluding hydrogens is 941 g/mol. The highest BCUT2D eigenvalue weighted by molar-refractivity contribution is 5.91. The summed E-state index contributed by atoms with van der Waals surface area (Å²) in [6.07, 6.45) is 7.06. The number of likely N-dealkylation sites (tertiary alicyclic amines) is 2. The Hall–Kier alpha value is -7.01. The third-order valence-corrected chi connectivity index (χ3v) is 15.7. The number of phenolic OH excluding ortho intramolecular Hbond substituents is 1. The highest BCUT2D eigenvalue weighted by atomic mass is 16.5. The first-order chi connectivity index (χ1) is 35.9. The molecule has 2 amide bonds. The van der Waals surface area contributed by atoms with E-state index in [0.717, 1.165) is 101 Å². The zero-order valence-electron chi connectivity index (χ0n) is 42.5. The Morgan fingerprint density at radius 3 is 2.34 bits per heavy atom. The molecule has 19 nitrogen and oxygen atoms in total. The summed E-state index contributed by atoms with van der Waals surface area (Å²) < 4.78 is 18.8. The van der Waals surface area contributed by atoms with Gasteiger partial charge in [0.15, 0.2) is 17.4 Å². The van der Waals surface area contributed by atoms with E-state index in [1.54, 1.807) is 36.4 Å². The topological polar surface area (TPSA) is 236 Å². The maximum atomic E-state index is 14.2. The first kappa shape index (κ1) is 50.5. The molecular formula is C55H68N12O7. The number of nitrogens with zero attached hydrogens (tertiary/aromatic N) is 10. The van der Waals surface area contributed by atoms with Crippen LogP contribution in [0.2, 0.25) is 0 Å². The Kier molecular flexibility index (Phi) is 15.2. The molecule has 2 aromatic carbocycles. The number of hydrogen-bond donors (Lipinski definition) is 4. The lowest BCUT2D eigenvalue weighted by molar-refractivity contribution is -0.141. The van der Waals surface area contributed by atoms with Crippen LogP contribution < -0.4 is 30.5 Å². The van der Waals surface area contributed by atoms with Crippen molar-refractivity contribution in [3.05, 3.63) is 95.9 Å². The van der Waals surface area contributed by atoms with Crippen LogP contribution in [0.15, 0.2) is 83.5 Å². The summed E-state index contributed by atoms with van der Waals surface area (Å²) in [5, 5.41) is 46.3. The minimum absolute atomic E-state index is 0.0532. The smallest absolute Gasteiger partial charge is 0.243 e. The predicted molar refractivity (Wildman–Crippen MR) is 278 cm³/mol. The number of benzene rings is 2. The highest BCUT2D eigenvalue weighted by Gasteiger charge is 2.44. The average Bonchev–Trinajstić information content (AvgIpc) is 4.13. The minimum Gasteiger partial charge on any atom is -0.507 e. The van der Waals surface area contributed by atoms with Gasteiger partial charge in [-0.2, -0.15) is 5.26 Å². The van der Waals surface area contributed by atoms with E-state index in [2.05, 4.69) is 63.5 Å². The predicted octanol–water partition coefficient (Wildman–Crippen LogP) is 5.65. The first-order valence-corrected chi connectivity index (χ1v) is 26.3. The second-order valence-corrected chi connectivity index (χ2v) is 21.0. The van der Waals surface area contributed by atoms with Gasteiger partial charge in [0.1, 0.15) is 23.8 Å². The van der Waals surface area contributed by atoms with Gasteiger partial charge in [0.25, 0.3) is 0 Å². The number of fused-ring (bicyclic) bond motifs is 2. The number of rotatable bonds is 16. The molecule has 0 aliphatic carbocycles. The van der Waals surface area contributed by atoms with E-state index in [1.165, 1.54) is 4.90 Å². The zero-order chi connectivity index (χ0) is 51.5. The number of β-amino-alcohol motifs (C(OH)–C–C–N with tert-alkyl or cyclic N) is 1. The Bertz CT molecular complexity index is 2770. The van der Waals surface area contributed by atoms with Crippen LogP contribution in [0.4, 0.5) is 23.0 Å². The lowest BCUT2D eigenvalue weighted by atomic mass is 9.91. The van der Waals surface area contributed by atoms with Gasteiger partial charge in [0.2, 0.25) is 17.7 Å². The highest BCUT2D eigenvalue weighted by Crippen LogP contribution is 2.40. The molecule has 0 radical (unpaired) electrons. The Morgan fingerprint density at radius 2 is 1.62 bits per heavy atom. The van der Waals surface area contributed by atoms with Gasteiger partial charge in [-0.15, -0.1) is 10.2 Å². The minimum atomic E-state index is -0.835. The van der Waals surface area contributed by atoms with E-state index in [1.807, 2.05) is 51.2 Å².